The summed E-state index contributed by atoms with van der Waals surface area (Å²) < 4.78 is 7.10. The summed E-state index contributed by atoms with van der Waals surface area (Å²) in [5.41, 5.74) is 2.51. The van der Waals surface area contributed by atoms with Gasteiger partial charge in [-0.25, -0.2) is 9.48 Å². The largest absolute Gasteiger partial charge is 0.459 e. The maximum Gasteiger partial charge on any atom is 0.338 e. The van der Waals surface area contributed by atoms with Gasteiger partial charge < -0.3 is 10.1 Å². The minimum absolute atomic E-state index is 0.0421. The van der Waals surface area contributed by atoms with Crippen molar-refractivity contribution in [2.75, 3.05) is 5.32 Å². The van der Waals surface area contributed by atoms with Crippen LogP contribution in [0.3, 0.4) is 0 Å². The molecule has 1 aromatic heterocycles. The van der Waals surface area contributed by atoms with Gasteiger partial charge >= 0.3 is 5.97 Å². The first kappa shape index (κ1) is 23.8. The molecule has 0 aliphatic carbocycles. The maximum absolute atomic E-state index is 13.0. The van der Waals surface area contributed by atoms with Crippen LogP contribution >= 0.6 is 23.4 Å². The lowest BCUT2D eigenvalue weighted by Gasteiger charge is -2.28. The number of aromatic nitrogens is 3. The van der Waals surface area contributed by atoms with Crippen molar-refractivity contribution in [2.24, 2.45) is 0 Å². The highest BCUT2D eigenvalue weighted by molar-refractivity contribution is 7.98. The van der Waals surface area contributed by atoms with Crippen LogP contribution in [0, 0.1) is 10.1 Å². The number of benzene rings is 2. The number of esters is 1. The molecule has 1 unspecified atom stereocenters. The molecule has 1 aliphatic heterocycles. The number of allylic oxidation sites excluding steroid dienone is 1. The van der Waals surface area contributed by atoms with E-state index in [0.29, 0.717) is 38.7 Å². The van der Waals surface area contributed by atoms with E-state index in [9.17, 15) is 14.9 Å². The van der Waals surface area contributed by atoms with Crippen LogP contribution < -0.4 is 5.32 Å². The van der Waals surface area contributed by atoms with Crippen LogP contribution in [0.15, 0.2) is 65.0 Å². The molecule has 9 nitrogen and oxygen atoms in total. The number of hydrogen-bond donors (Lipinski definition) is 1. The van der Waals surface area contributed by atoms with Crippen molar-refractivity contribution in [3.05, 3.63) is 86.1 Å². The number of nitrogens with zero attached hydrogens (tertiary/aromatic N) is 4. The number of ether oxygens (including phenoxy) is 1. The van der Waals surface area contributed by atoms with E-state index in [1.54, 1.807) is 37.6 Å². The van der Waals surface area contributed by atoms with Gasteiger partial charge in [0.2, 0.25) is 11.1 Å². The summed E-state index contributed by atoms with van der Waals surface area (Å²) in [5.74, 6) is 0.540. The monoisotopic (exact) mass is 499 g/mol. The molecule has 0 bridgehead atoms. The quantitative estimate of drug-likeness (QED) is 0.200. The van der Waals surface area contributed by atoms with E-state index in [4.69, 9.17) is 16.3 Å². The van der Waals surface area contributed by atoms with E-state index >= 15 is 0 Å². The summed E-state index contributed by atoms with van der Waals surface area (Å²) in [5, 5.41) is 20.1. The summed E-state index contributed by atoms with van der Waals surface area (Å²) in [6.45, 7) is 5.31. The third-order valence-electron chi connectivity index (χ3n) is 5.13. The van der Waals surface area contributed by atoms with Gasteiger partial charge in [0.05, 0.1) is 16.6 Å². The average molecular weight is 500 g/mol. The van der Waals surface area contributed by atoms with E-state index in [-0.39, 0.29) is 11.8 Å². The van der Waals surface area contributed by atoms with Crippen molar-refractivity contribution in [1.82, 2.24) is 14.8 Å². The molecule has 2 heterocycles. The second kappa shape index (κ2) is 9.86. The van der Waals surface area contributed by atoms with E-state index < -0.39 is 16.9 Å². The third kappa shape index (κ3) is 4.92. The molecule has 1 N–H and O–H groups in total. The van der Waals surface area contributed by atoms with Crippen molar-refractivity contribution in [1.29, 1.82) is 0 Å². The first-order valence-corrected chi connectivity index (χ1v) is 11.9. The Hall–Kier alpha value is -3.37. The Morgan fingerprint density at radius 2 is 1.97 bits per heavy atom. The van der Waals surface area contributed by atoms with Crippen molar-refractivity contribution in [3.8, 4) is 0 Å². The highest BCUT2D eigenvalue weighted by Crippen LogP contribution is 2.38. The van der Waals surface area contributed by atoms with Crippen LogP contribution in [-0.4, -0.2) is 31.8 Å². The summed E-state index contributed by atoms with van der Waals surface area (Å²) in [4.78, 5) is 28.3. The number of non-ortho nitro benzene ring substituents is 1. The van der Waals surface area contributed by atoms with Gasteiger partial charge in [0.25, 0.3) is 5.69 Å². The molecular weight excluding hydrogens is 478 g/mol. The Balaban J connectivity index is 1.71. The minimum atomic E-state index is -0.662. The van der Waals surface area contributed by atoms with Crippen LogP contribution in [0.2, 0.25) is 5.02 Å². The Morgan fingerprint density at radius 3 is 2.62 bits per heavy atom. The highest BCUT2D eigenvalue weighted by Gasteiger charge is 2.35. The molecule has 0 amide bonds. The number of nitrogens with one attached hydrogen (secondary N) is 1. The molecule has 1 aliphatic rings. The first-order valence-electron chi connectivity index (χ1n) is 10.5. The number of anilines is 1. The molecule has 1 atom stereocenters. The zero-order valence-electron chi connectivity index (χ0n) is 18.7. The molecule has 0 fully saturated rings. The fraction of sp³-hybridized carbons (Fsp3) is 0.261. The molecule has 0 saturated carbocycles. The summed E-state index contributed by atoms with van der Waals surface area (Å²) >= 11 is 7.68. The van der Waals surface area contributed by atoms with Crippen LogP contribution in [0.1, 0.15) is 37.9 Å². The number of rotatable bonds is 7. The Bertz CT molecular complexity index is 1270. The normalized spacial score (nSPS) is 15.1. The van der Waals surface area contributed by atoms with Crippen LogP contribution in [-0.2, 0) is 15.3 Å². The minimum Gasteiger partial charge on any atom is -0.459 e. The molecule has 176 valence electrons. The first-order chi connectivity index (χ1) is 16.2. The zero-order valence-corrected chi connectivity index (χ0v) is 20.3. The van der Waals surface area contributed by atoms with Gasteiger partial charge in [0, 0.05) is 28.6 Å². The van der Waals surface area contributed by atoms with Crippen molar-refractivity contribution >= 4 is 41.0 Å². The van der Waals surface area contributed by atoms with Gasteiger partial charge in [0.1, 0.15) is 6.04 Å². The molecule has 0 saturated heterocycles. The van der Waals surface area contributed by atoms with Gasteiger partial charge in [0.15, 0.2) is 0 Å². The molecule has 0 radical (unpaired) electrons. The topological polar surface area (TPSA) is 112 Å². The zero-order chi connectivity index (χ0) is 24.4. The van der Waals surface area contributed by atoms with Gasteiger partial charge in [-0.05, 0) is 50.1 Å². The number of halogens is 1. The Kier molecular flexibility index (Phi) is 6.90. The number of carbonyl (C=O) groups excluding carboxylic acids is 1. The van der Waals surface area contributed by atoms with E-state index in [1.165, 1.54) is 23.9 Å². The number of hydrogen-bond acceptors (Lipinski definition) is 8. The summed E-state index contributed by atoms with van der Waals surface area (Å²) in [6.07, 6.45) is -0.316. The molecule has 0 spiro atoms. The SMILES string of the molecule is CC1=C(C(=O)OC(C)C)C(c2ccc([N+](=O)[O-])cc2)n2nc(SCc3ccccc3Cl)nc2N1. The lowest BCUT2D eigenvalue weighted by molar-refractivity contribution is -0.384. The molecule has 11 heteroatoms. The van der Waals surface area contributed by atoms with E-state index in [0.717, 1.165) is 5.56 Å². The number of fused-ring (bicyclic) bond motifs is 1. The van der Waals surface area contributed by atoms with Crippen molar-refractivity contribution in [2.45, 2.75) is 43.8 Å². The molecular formula is C23H22ClN5O4S. The van der Waals surface area contributed by atoms with E-state index in [1.807, 2.05) is 24.3 Å². The lowest BCUT2D eigenvalue weighted by Crippen LogP contribution is -2.30. The Labute approximate surface area is 205 Å². The molecule has 2 aromatic carbocycles. The molecule has 4 rings (SSSR count). The number of nitro benzene ring substituents is 1. The Morgan fingerprint density at radius 1 is 1.26 bits per heavy atom. The van der Waals surface area contributed by atoms with Crippen LogP contribution in [0.25, 0.3) is 0 Å². The standard InChI is InChI=1S/C23H22ClN5O4S/c1-13(2)33-21(30)19-14(3)25-22-26-23(34-12-16-6-4-5-7-18(16)24)27-28(22)20(19)15-8-10-17(11-9-15)29(31)32/h4-11,13,20H,12H2,1-3H3,(H,25,26,27). The lowest BCUT2D eigenvalue weighted by atomic mass is 9.95. The van der Waals surface area contributed by atoms with Crippen LogP contribution in [0.5, 0.6) is 0 Å². The number of thioether (sulfide) groups is 1. The average Bonchev–Trinajstić information content (AvgIpc) is 3.19. The molecule has 34 heavy (non-hydrogen) atoms. The number of carbonyl (C=O) groups is 1. The summed E-state index contributed by atoms with van der Waals surface area (Å²) in [6, 6.07) is 12.9. The van der Waals surface area contributed by atoms with Crippen LogP contribution in [0.4, 0.5) is 11.6 Å². The second-order valence-electron chi connectivity index (χ2n) is 7.91. The van der Waals surface area contributed by atoms with Gasteiger partial charge in [-0.3, -0.25) is 10.1 Å². The predicted octanol–water partition coefficient (Wildman–Crippen LogP) is 5.37. The summed E-state index contributed by atoms with van der Waals surface area (Å²) in [7, 11) is 0. The number of nitro groups is 1. The second-order valence-corrected chi connectivity index (χ2v) is 9.26. The van der Waals surface area contributed by atoms with Gasteiger partial charge in [-0.1, -0.05) is 41.6 Å². The van der Waals surface area contributed by atoms with Crippen molar-refractivity contribution in [3.63, 3.8) is 0 Å². The van der Waals surface area contributed by atoms with E-state index in [2.05, 4.69) is 15.4 Å². The fourth-order valence-corrected chi connectivity index (χ4v) is 4.69. The third-order valence-corrected chi connectivity index (χ3v) is 6.39. The predicted molar refractivity (Wildman–Crippen MR) is 130 cm³/mol. The smallest absolute Gasteiger partial charge is 0.338 e. The van der Waals surface area contributed by atoms with Gasteiger partial charge in [-0.2, -0.15) is 4.98 Å². The van der Waals surface area contributed by atoms with Gasteiger partial charge in [-0.15, -0.1) is 5.10 Å². The maximum atomic E-state index is 13.0. The fourth-order valence-electron chi connectivity index (χ4n) is 3.58. The van der Waals surface area contributed by atoms with Crippen molar-refractivity contribution < 1.29 is 14.5 Å². The highest BCUT2D eigenvalue weighted by atomic mass is 35.5. The molecule has 3 aromatic rings.